The molecule has 2 aromatic rings. The van der Waals surface area contributed by atoms with Crippen molar-refractivity contribution >= 4 is 41.0 Å². The first-order chi connectivity index (χ1) is 25.3. The molecule has 0 aliphatic carbocycles. The summed E-state index contributed by atoms with van der Waals surface area (Å²) >= 11 is 1.22. The molecular weight excluding hydrogens is 695 g/mol. The number of thiazole rings is 1. The number of benzene rings is 1. The summed E-state index contributed by atoms with van der Waals surface area (Å²) < 4.78 is 10.8. The number of rotatable bonds is 20. The lowest BCUT2D eigenvalue weighted by Gasteiger charge is -2.39. The van der Waals surface area contributed by atoms with Gasteiger partial charge in [-0.2, -0.15) is 0 Å². The van der Waals surface area contributed by atoms with Gasteiger partial charge in [0.1, 0.15) is 16.7 Å². The maximum Gasteiger partial charge on any atom is 0.308 e. The minimum absolute atomic E-state index is 0.0323. The fraction of sp³-hybridized carbons (Fsp3) is 0.650. The number of amides is 3. The van der Waals surface area contributed by atoms with E-state index in [2.05, 4.69) is 20.9 Å². The zero-order chi connectivity index (χ0) is 39.1. The third-order valence-electron chi connectivity index (χ3n) is 10.0. The van der Waals surface area contributed by atoms with Crippen LogP contribution in [0.3, 0.4) is 0 Å². The molecule has 1 saturated heterocycles. The smallest absolute Gasteiger partial charge is 0.308 e. The number of methoxy groups -OCH3 is 1. The van der Waals surface area contributed by atoms with E-state index in [1.807, 2.05) is 69.9 Å². The van der Waals surface area contributed by atoms with Gasteiger partial charge in [0.05, 0.1) is 19.1 Å². The molecule has 0 bridgehead atoms. The van der Waals surface area contributed by atoms with Crippen LogP contribution in [0.25, 0.3) is 0 Å². The fourth-order valence-electron chi connectivity index (χ4n) is 6.87. The zero-order valence-corrected chi connectivity index (χ0v) is 33.6. The van der Waals surface area contributed by atoms with E-state index in [0.29, 0.717) is 37.2 Å². The van der Waals surface area contributed by atoms with Gasteiger partial charge in [-0.1, -0.05) is 84.7 Å². The Bertz CT molecular complexity index is 1480. The first-order valence-electron chi connectivity index (χ1n) is 19.2. The van der Waals surface area contributed by atoms with Gasteiger partial charge in [-0.05, 0) is 56.0 Å². The summed E-state index contributed by atoms with van der Waals surface area (Å²) in [6.07, 6.45) is 4.44. The number of nitrogens with one attached hydrogen (secondary N) is 3. The maximum atomic E-state index is 14.5. The first-order valence-corrected chi connectivity index (χ1v) is 20.1. The van der Waals surface area contributed by atoms with Gasteiger partial charge in [-0.3, -0.25) is 24.0 Å². The summed E-state index contributed by atoms with van der Waals surface area (Å²) in [6, 6.07) is 7.94. The number of hydrogen-bond donors (Lipinski definition) is 3. The average Bonchev–Trinajstić information content (AvgIpc) is 3.65. The molecule has 12 nitrogen and oxygen atoms in total. The third kappa shape index (κ3) is 13.2. The topological polar surface area (TPSA) is 156 Å². The van der Waals surface area contributed by atoms with Gasteiger partial charge in [0.25, 0.3) is 5.91 Å². The number of nitrogens with zero attached hydrogens (tertiary/aromatic N) is 2. The molecule has 294 valence electrons. The van der Waals surface area contributed by atoms with Crippen molar-refractivity contribution in [2.45, 2.75) is 130 Å². The molecule has 53 heavy (non-hydrogen) atoms. The molecule has 13 heteroatoms. The van der Waals surface area contributed by atoms with Gasteiger partial charge in [0.2, 0.25) is 11.8 Å². The van der Waals surface area contributed by atoms with Crippen molar-refractivity contribution < 1.29 is 33.4 Å². The minimum atomic E-state index is -0.818. The van der Waals surface area contributed by atoms with Crippen molar-refractivity contribution in [3.63, 3.8) is 0 Å². The predicted octanol–water partition coefficient (Wildman–Crippen LogP) is 5.61. The van der Waals surface area contributed by atoms with E-state index in [1.54, 1.807) is 12.3 Å². The fourth-order valence-corrected chi connectivity index (χ4v) is 7.70. The maximum absolute atomic E-state index is 14.5. The van der Waals surface area contributed by atoms with Crippen molar-refractivity contribution in [3.05, 3.63) is 52.0 Å². The summed E-state index contributed by atoms with van der Waals surface area (Å²) in [7, 11) is 1.35. The van der Waals surface area contributed by atoms with E-state index in [4.69, 9.17) is 9.47 Å². The predicted molar refractivity (Wildman–Crippen MR) is 206 cm³/mol. The minimum Gasteiger partial charge on any atom is -0.469 e. The Labute approximate surface area is 319 Å². The first kappa shape index (κ1) is 43.6. The number of ether oxygens (including phenoxy) is 2. The summed E-state index contributed by atoms with van der Waals surface area (Å²) in [6.45, 7) is 14.4. The lowest BCUT2D eigenvalue weighted by Crippen LogP contribution is -2.58. The van der Waals surface area contributed by atoms with Gasteiger partial charge in [-0.25, -0.2) is 4.98 Å². The quantitative estimate of drug-likeness (QED) is 0.146. The second-order valence-corrected chi connectivity index (χ2v) is 15.5. The number of carbonyl (C=O) groups excluding carboxylic acids is 5. The van der Waals surface area contributed by atoms with Crippen LogP contribution in [-0.4, -0.2) is 83.9 Å². The third-order valence-corrected chi connectivity index (χ3v) is 11.0. The molecule has 7 atom stereocenters. The lowest BCUT2D eigenvalue weighted by atomic mass is 9.92. The Balaban J connectivity index is 1.87. The molecular formula is C40H61N5O7S. The van der Waals surface area contributed by atoms with Crippen LogP contribution in [0.1, 0.15) is 121 Å². The van der Waals surface area contributed by atoms with Crippen LogP contribution >= 0.6 is 11.3 Å². The van der Waals surface area contributed by atoms with Crippen molar-refractivity contribution in [2.24, 2.45) is 17.8 Å². The van der Waals surface area contributed by atoms with Crippen molar-refractivity contribution in [1.82, 2.24) is 25.8 Å². The average molecular weight is 756 g/mol. The number of aromatic nitrogens is 1. The second-order valence-electron chi connectivity index (χ2n) is 14.6. The standard InChI is InChI=1S/C40H61N5O7S/c1-9-20-45(39(49)35(26(5)10-2)44-36(47)31-18-14-15-19-41-31)33(25(3)4)23-34(52-28(7)46)38-43-32(24-53-38)37(48)42-30(21-27(6)40(50)51-8)22-29-16-12-11-13-17-29/h11-13,16-17,24-27,30-31,33-35,41H,9-10,14-15,18-23H2,1-8H3,(H,42,48)(H,44,47)/t26-,27-,30+,31+,33+,34+,35-/m0/s1. The van der Waals surface area contributed by atoms with E-state index < -0.39 is 29.9 Å². The van der Waals surface area contributed by atoms with E-state index in [-0.39, 0.29) is 59.9 Å². The summed E-state index contributed by atoms with van der Waals surface area (Å²) in [5.74, 6) is -2.15. The van der Waals surface area contributed by atoms with Gasteiger partial charge in [0.15, 0.2) is 6.10 Å². The van der Waals surface area contributed by atoms with E-state index in [1.165, 1.54) is 25.4 Å². The molecule has 1 aromatic heterocycles. The molecule has 0 spiro atoms. The molecule has 1 aromatic carbocycles. The number of esters is 2. The largest absolute Gasteiger partial charge is 0.469 e. The molecule has 3 rings (SSSR count). The van der Waals surface area contributed by atoms with Crippen molar-refractivity contribution in [1.29, 1.82) is 0 Å². The summed E-state index contributed by atoms with van der Waals surface area (Å²) in [5, 5.41) is 11.5. The van der Waals surface area contributed by atoms with Crippen LogP contribution in [0.4, 0.5) is 0 Å². The van der Waals surface area contributed by atoms with Crippen LogP contribution in [0.2, 0.25) is 0 Å². The molecule has 1 aliphatic heterocycles. The van der Waals surface area contributed by atoms with E-state index in [0.717, 1.165) is 31.4 Å². The van der Waals surface area contributed by atoms with Crippen molar-refractivity contribution in [3.8, 4) is 0 Å². The molecule has 1 fully saturated rings. The lowest BCUT2D eigenvalue weighted by molar-refractivity contribution is -0.149. The van der Waals surface area contributed by atoms with Crippen LogP contribution in [0, 0.1) is 17.8 Å². The zero-order valence-electron chi connectivity index (χ0n) is 32.8. The van der Waals surface area contributed by atoms with Crippen LogP contribution < -0.4 is 16.0 Å². The summed E-state index contributed by atoms with van der Waals surface area (Å²) in [5.41, 5.74) is 1.18. The normalized spacial score (nSPS) is 17.8. The van der Waals surface area contributed by atoms with E-state index in [9.17, 15) is 24.0 Å². The molecule has 0 radical (unpaired) electrons. The van der Waals surface area contributed by atoms with Gasteiger partial charge < -0.3 is 30.3 Å². The molecule has 0 unspecified atom stereocenters. The highest BCUT2D eigenvalue weighted by Gasteiger charge is 2.38. The van der Waals surface area contributed by atoms with Gasteiger partial charge >= 0.3 is 11.9 Å². The highest BCUT2D eigenvalue weighted by Crippen LogP contribution is 2.32. The van der Waals surface area contributed by atoms with Crippen LogP contribution in [-0.2, 0) is 35.1 Å². The Morgan fingerprint density at radius 2 is 1.74 bits per heavy atom. The molecule has 3 N–H and O–H groups in total. The van der Waals surface area contributed by atoms with Crippen LogP contribution in [0.15, 0.2) is 35.7 Å². The monoisotopic (exact) mass is 755 g/mol. The Morgan fingerprint density at radius 1 is 1.02 bits per heavy atom. The Morgan fingerprint density at radius 3 is 2.32 bits per heavy atom. The van der Waals surface area contributed by atoms with Gasteiger partial charge in [-0.15, -0.1) is 11.3 Å². The molecule has 3 amide bonds. The van der Waals surface area contributed by atoms with E-state index >= 15 is 0 Å². The Hall–Kier alpha value is -3.84. The van der Waals surface area contributed by atoms with Crippen molar-refractivity contribution in [2.75, 3.05) is 20.2 Å². The molecule has 1 aliphatic rings. The summed E-state index contributed by atoms with van der Waals surface area (Å²) in [4.78, 5) is 72.7. The number of carbonyl (C=O) groups is 5. The highest BCUT2D eigenvalue weighted by atomic mass is 32.1. The molecule has 2 heterocycles. The number of piperidine rings is 1. The van der Waals surface area contributed by atoms with Crippen LogP contribution in [0.5, 0.6) is 0 Å². The number of hydrogen-bond acceptors (Lipinski definition) is 10. The highest BCUT2D eigenvalue weighted by molar-refractivity contribution is 7.09. The molecule has 0 saturated carbocycles. The van der Waals surface area contributed by atoms with Gasteiger partial charge in [0, 0.05) is 37.4 Å². The second kappa shape index (κ2) is 21.8. The SMILES string of the molecule is CCCN(C(=O)[C@@H](NC(=O)[C@H]1CCCCN1)[C@@H](C)CC)[C@H](C[C@@H](OC(C)=O)c1nc(C(=O)N[C@@H](Cc2ccccc2)C[C@H](C)C(=O)OC)cs1)C(C)C. The Kier molecular flexibility index (Phi) is 17.9.